The Balaban J connectivity index is 1.45. The van der Waals surface area contributed by atoms with Gasteiger partial charge in [-0.3, -0.25) is 9.69 Å². The van der Waals surface area contributed by atoms with Gasteiger partial charge in [0.05, 0.1) is 5.92 Å². The number of ether oxygens (including phenoxy) is 1. The van der Waals surface area contributed by atoms with Crippen LogP contribution < -0.4 is 4.74 Å². The van der Waals surface area contributed by atoms with E-state index >= 15 is 0 Å². The van der Waals surface area contributed by atoms with Crippen LogP contribution >= 0.6 is 11.3 Å². The Morgan fingerprint density at radius 2 is 1.78 bits per heavy atom. The van der Waals surface area contributed by atoms with Crippen molar-refractivity contribution < 1.29 is 9.53 Å². The molecule has 0 amide bonds. The van der Waals surface area contributed by atoms with E-state index in [4.69, 9.17) is 4.74 Å². The minimum absolute atomic E-state index is 0.0299. The smallest absolute Gasteiger partial charge is 0.314 e. The molecule has 1 fully saturated rings. The predicted molar refractivity (Wildman–Crippen MR) is 152 cm³/mol. The number of esters is 1. The maximum Gasteiger partial charge on any atom is 0.314 e. The number of hydrogen-bond acceptors (Lipinski definition) is 4. The largest absolute Gasteiger partial charge is 0.426 e. The lowest BCUT2D eigenvalue weighted by Crippen LogP contribution is -2.41. The van der Waals surface area contributed by atoms with Crippen molar-refractivity contribution in [2.75, 3.05) is 13.1 Å². The Hall–Kier alpha value is -1.65. The Kier molecular flexibility index (Phi) is 10.1. The predicted octanol–water partition coefficient (Wildman–Crippen LogP) is 7.95. The van der Waals surface area contributed by atoms with E-state index in [1.807, 2.05) is 17.4 Å². The zero-order valence-corrected chi connectivity index (χ0v) is 23.8. The van der Waals surface area contributed by atoms with Crippen LogP contribution in [0.5, 0.6) is 5.75 Å². The van der Waals surface area contributed by atoms with Gasteiger partial charge in [-0.05, 0) is 97.9 Å². The van der Waals surface area contributed by atoms with Crippen molar-refractivity contribution in [3.63, 3.8) is 0 Å². The first-order valence-corrected chi connectivity index (χ1v) is 15.5. The van der Waals surface area contributed by atoms with Crippen LogP contribution in [0, 0.1) is 23.7 Å². The van der Waals surface area contributed by atoms with Crippen molar-refractivity contribution >= 4 is 17.3 Å². The Morgan fingerprint density at radius 3 is 2.42 bits per heavy atom. The summed E-state index contributed by atoms with van der Waals surface area (Å²) in [5.41, 5.74) is 2.66. The molecule has 1 aromatic heterocycles. The maximum absolute atomic E-state index is 13.6. The molecule has 1 heterocycles. The second kappa shape index (κ2) is 13.2. The quantitative estimate of drug-likeness (QED) is 0.227. The van der Waals surface area contributed by atoms with Crippen LogP contribution in [-0.2, 0) is 24.1 Å². The second-order valence-corrected chi connectivity index (χ2v) is 12.2. The number of benzene rings is 1. The molecule has 2 aliphatic rings. The van der Waals surface area contributed by atoms with Crippen molar-refractivity contribution in [3.05, 3.63) is 51.7 Å². The number of nitrogens with zero attached hydrogens (tertiary/aromatic N) is 1. The van der Waals surface area contributed by atoms with Gasteiger partial charge in [-0.15, -0.1) is 11.3 Å². The van der Waals surface area contributed by atoms with Gasteiger partial charge >= 0.3 is 5.97 Å². The fourth-order valence-corrected chi connectivity index (χ4v) is 7.70. The van der Waals surface area contributed by atoms with Crippen LogP contribution in [0.15, 0.2) is 35.7 Å². The summed E-state index contributed by atoms with van der Waals surface area (Å²) >= 11 is 1.87. The van der Waals surface area contributed by atoms with Gasteiger partial charge < -0.3 is 4.74 Å². The van der Waals surface area contributed by atoms with Gasteiger partial charge in [0.2, 0.25) is 0 Å². The summed E-state index contributed by atoms with van der Waals surface area (Å²) in [5.74, 6) is 2.58. The van der Waals surface area contributed by atoms with Crippen LogP contribution in [0.25, 0.3) is 0 Å². The summed E-state index contributed by atoms with van der Waals surface area (Å²) in [7, 11) is 0. The van der Waals surface area contributed by atoms with E-state index in [0.29, 0.717) is 17.9 Å². The van der Waals surface area contributed by atoms with Crippen molar-refractivity contribution in [1.82, 2.24) is 4.90 Å². The molecular formula is C32H47NO2S. The number of hydrogen-bond donors (Lipinski definition) is 0. The van der Waals surface area contributed by atoms with Gasteiger partial charge in [-0.2, -0.15) is 0 Å². The first kappa shape index (κ1) is 27.4. The highest BCUT2D eigenvalue weighted by atomic mass is 32.1. The molecule has 0 spiro atoms. The normalized spacial score (nSPS) is 26.1. The zero-order valence-electron chi connectivity index (χ0n) is 23.0. The molecule has 2 aliphatic carbocycles. The molecule has 3 unspecified atom stereocenters. The van der Waals surface area contributed by atoms with Crippen LogP contribution in [-0.4, -0.2) is 30.0 Å². The number of fused-ring (bicyclic) bond motifs is 1. The monoisotopic (exact) mass is 509 g/mol. The Labute approximate surface area is 223 Å². The molecule has 4 heteroatoms. The molecule has 0 saturated heterocycles. The summed E-state index contributed by atoms with van der Waals surface area (Å²) < 4.78 is 6.27. The number of carbonyl (C=O) groups excluding carboxylic acids is 1. The third-order valence-corrected chi connectivity index (χ3v) is 10.00. The van der Waals surface area contributed by atoms with Gasteiger partial charge in [0.15, 0.2) is 0 Å². The van der Waals surface area contributed by atoms with E-state index in [-0.39, 0.29) is 11.9 Å². The standard InChI is InChI=1S/C32H47NO2S/c1-5-17-33(18-16-28-12-10-19-36-28)27-14-15-29-26(22-27)11-9-13-30(29)35-32(34)31-24(7-3)20-23(6-2)21-25(31)8-4/h9-13,19,23-25,27,31H,5-8,14-18,20-22H2,1-4H3. The molecule has 36 heavy (non-hydrogen) atoms. The van der Waals surface area contributed by atoms with Crippen LogP contribution in [0.1, 0.15) is 88.6 Å². The number of carbonyl (C=O) groups is 1. The lowest BCUT2D eigenvalue weighted by atomic mass is 9.65. The Morgan fingerprint density at radius 1 is 1.00 bits per heavy atom. The number of rotatable bonds is 11. The first-order valence-electron chi connectivity index (χ1n) is 14.7. The maximum atomic E-state index is 13.6. The van der Waals surface area contributed by atoms with E-state index in [0.717, 1.165) is 63.3 Å². The molecule has 0 radical (unpaired) electrons. The molecule has 0 N–H and O–H groups in total. The molecule has 4 rings (SSSR count). The molecule has 198 valence electrons. The van der Waals surface area contributed by atoms with Crippen LogP contribution in [0.4, 0.5) is 0 Å². The minimum Gasteiger partial charge on any atom is -0.426 e. The molecular weight excluding hydrogens is 462 g/mol. The summed E-state index contributed by atoms with van der Waals surface area (Å²) in [6, 6.07) is 11.4. The summed E-state index contributed by atoms with van der Waals surface area (Å²) in [6.45, 7) is 11.4. The van der Waals surface area contributed by atoms with Crippen molar-refractivity contribution in [3.8, 4) is 5.75 Å². The highest BCUT2D eigenvalue weighted by molar-refractivity contribution is 7.09. The van der Waals surface area contributed by atoms with E-state index in [9.17, 15) is 4.79 Å². The average molecular weight is 510 g/mol. The highest BCUT2D eigenvalue weighted by Crippen LogP contribution is 2.44. The van der Waals surface area contributed by atoms with Gasteiger partial charge in [0, 0.05) is 17.5 Å². The second-order valence-electron chi connectivity index (χ2n) is 11.2. The van der Waals surface area contributed by atoms with Gasteiger partial charge in [-0.1, -0.05) is 65.2 Å². The molecule has 1 saturated carbocycles. The van der Waals surface area contributed by atoms with Crippen molar-refractivity contribution in [2.24, 2.45) is 23.7 Å². The van der Waals surface area contributed by atoms with E-state index in [1.165, 1.54) is 41.7 Å². The fourth-order valence-electron chi connectivity index (χ4n) is 7.00. The van der Waals surface area contributed by atoms with E-state index in [1.54, 1.807) is 0 Å². The summed E-state index contributed by atoms with van der Waals surface area (Å²) in [5, 5.41) is 2.18. The summed E-state index contributed by atoms with van der Waals surface area (Å²) in [6.07, 6.45) is 11.2. The average Bonchev–Trinajstić information content (AvgIpc) is 3.43. The zero-order chi connectivity index (χ0) is 25.5. The highest BCUT2D eigenvalue weighted by Gasteiger charge is 2.41. The molecule has 0 bridgehead atoms. The fraction of sp³-hybridized carbons (Fsp3) is 0.656. The molecule has 3 nitrogen and oxygen atoms in total. The van der Waals surface area contributed by atoms with Crippen LogP contribution in [0.2, 0.25) is 0 Å². The molecule has 0 aliphatic heterocycles. The molecule has 1 aromatic carbocycles. The van der Waals surface area contributed by atoms with Crippen molar-refractivity contribution in [2.45, 2.75) is 97.9 Å². The van der Waals surface area contributed by atoms with Crippen molar-refractivity contribution in [1.29, 1.82) is 0 Å². The van der Waals surface area contributed by atoms with Crippen LogP contribution in [0.3, 0.4) is 0 Å². The first-order chi connectivity index (χ1) is 17.6. The molecule has 3 atom stereocenters. The Bertz CT molecular complexity index is 941. The summed E-state index contributed by atoms with van der Waals surface area (Å²) in [4.78, 5) is 17.8. The lowest BCUT2D eigenvalue weighted by molar-refractivity contribution is -0.145. The van der Waals surface area contributed by atoms with Gasteiger partial charge in [0.25, 0.3) is 0 Å². The minimum atomic E-state index is 0.0299. The van der Waals surface area contributed by atoms with E-state index < -0.39 is 0 Å². The van der Waals surface area contributed by atoms with Gasteiger partial charge in [0.1, 0.15) is 5.75 Å². The third-order valence-electron chi connectivity index (χ3n) is 9.06. The lowest BCUT2D eigenvalue weighted by Gasteiger charge is -2.40. The topological polar surface area (TPSA) is 29.5 Å². The SMILES string of the molecule is CCCN(CCc1cccs1)C1CCc2c(cccc2OC(=O)C2C(CC)CC(CC)CC2CC)C1. The third kappa shape index (κ3) is 6.42. The van der Waals surface area contributed by atoms with E-state index in [2.05, 4.69) is 62.2 Å². The number of thiophene rings is 1. The van der Waals surface area contributed by atoms with Gasteiger partial charge in [-0.25, -0.2) is 0 Å². The molecule has 2 aromatic rings.